The van der Waals surface area contributed by atoms with E-state index in [0.29, 0.717) is 6.42 Å². The summed E-state index contributed by atoms with van der Waals surface area (Å²) in [4.78, 5) is 23.6. The SMILES string of the molecule is CCCCC(C)OC(=O)CCCC(=O)OCc1ccc2ccccc2c1. The summed E-state index contributed by atoms with van der Waals surface area (Å²) in [6, 6.07) is 14.1. The summed E-state index contributed by atoms with van der Waals surface area (Å²) >= 11 is 0. The highest BCUT2D eigenvalue weighted by Crippen LogP contribution is 2.16. The van der Waals surface area contributed by atoms with Crippen LogP contribution in [0, 0.1) is 0 Å². The van der Waals surface area contributed by atoms with Crippen molar-refractivity contribution in [3.05, 3.63) is 48.0 Å². The van der Waals surface area contributed by atoms with E-state index in [4.69, 9.17) is 9.47 Å². The lowest BCUT2D eigenvalue weighted by molar-refractivity contribution is -0.149. The molecule has 4 nitrogen and oxygen atoms in total. The standard InChI is InChI=1S/C22H28O4/c1-3-4-8-17(2)26-22(24)12-7-11-21(23)25-16-18-13-14-19-9-5-6-10-20(19)15-18/h5-6,9-10,13-15,17H,3-4,7-8,11-12,16H2,1-2H3. The molecule has 0 aromatic heterocycles. The van der Waals surface area contributed by atoms with Crippen LogP contribution < -0.4 is 0 Å². The Hall–Kier alpha value is -2.36. The Morgan fingerprint density at radius 1 is 0.962 bits per heavy atom. The second-order valence-electron chi connectivity index (χ2n) is 6.64. The van der Waals surface area contributed by atoms with Crippen LogP contribution in [0.25, 0.3) is 10.8 Å². The van der Waals surface area contributed by atoms with E-state index < -0.39 is 0 Å². The van der Waals surface area contributed by atoms with Gasteiger partial charge in [0.25, 0.3) is 0 Å². The number of benzene rings is 2. The van der Waals surface area contributed by atoms with Gasteiger partial charge in [0.1, 0.15) is 6.61 Å². The molecule has 0 heterocycles. The van der Waals surface area contributed by atoms with E-state index in [-0.39, 0.29) is 37.5 Å². The molecule has 0 saturated carbocycles. The van der Waals surface area contributed by atoms with Crippen LogP contribution >= 0.6 is 0 Å². The maximum absolute atomic E-state index is 11.9. The summed E-state index contributed by atoms with van der Waals surface area (Å²) in [5.74, 6) is -0.527. The Labute approximate surface area is 155 Å². The van der Waals surface area contributed by atoms with Gasteiger partial charge in [-0.3, -0.25) is 9.59 Å². The first-order chi connectivity index (χ1) is 12.6. The lowest BCUT2D eigenvalue weighted by atomic mass is 10.1. The first-order valence-electron chi connectivity index (χ1n) is 9.41. The summed E-state index contributed by atoms with van der Waals surface area (Å²) < 4.78 is 10.6. The van der Waals surface area contributed by atoms with Crippen molar-refractivity contribution in [1.29, 1.82) is 0 Å². The largest absolute Gasteiger partial charge is 0.463 e. The third kappa shape index (κ3) is 6.87. The lowest BCUT2D eigenvalue weighted by Gasteiger charge is -2.12. The van der Waals surface area contributed by atoms with Gasteiger partial charge in [0.05, 0.1) is 6.10 Å². The van der Waals surface area contributed by atoms with Crippen LogP contribution in [0.1, 0.15) is 57.9 Å². The molecule has 0 bridgehead atoms. The molecule has 4 heteroatoms. The molecule has 2 aromatic carbocycles. The third-order valence-electron chi connectivity index (χ3n) is 4.27. The molecule has 26 heavy (non-hydrogen) atoms. The first kappa shape index (κ1) is 20.0. The van der Waals surface area contributed by atoms with E-state index in [2.05, 4.69) is 6.92 Å². The molecule has 1 unspecified atom stereocenters. The number of carbonyl (C=O) groups is 2. The van der Waals surface area contributed by atoms with Gasteiger partial charge in [-0.25, -0.2) is 0 Å². The van der Waals surface area contributed by atoms with Crippen LogP contribution in [-0.2, 0) is 25.7 Å². The van der Waals surface area contributed by atoms with Crippen molar-refractivity contribution in [2.75, 3.05) is 0 Å². The van der Waals surface area contributed by atoms with Crippen molar-refractivity contribution in [1.82, 2.24) is 0 Å². The van der Waals surface area contributed by atoms with Gasteiger partial charge in [-0.05, 0) is 42.2 Å². The van der Waals surface area contributed by atoms with Gasteiger partial charge in [-0.1, -0.05) is 56.2 Å². The van der Waals surface area contributed by atoms with E-state index in [0.717, 1.165) is 35.6 Å². The van der Waals surface area contributed by atoms with Crippen LogP contribution in [0.15, 0.2) is 42.5 Å². The van der Waals surface area contributed by atoms with Gasteiger partial charge in [-0.15, -0.1) is 0 Å². The highest BCUT2D eigenvalue weighted by Gasteiger charge is 2.11. The second kappa shape index (κ2) is 10.6. The molecule has 140 valence electrons. The number of unbranched alkanes of at least 4 members (excludes halogenated alkanes) is 1. The van der Waals surface area contributed by atoms with Crippen LogP contribution in [0.5, 0.6) is 0 Å². The number of rotatable bonds is 10. The molecule has 2 aromatic rings. The average Bonchev–Trinajstić information content (AvgIpc) is 2.64. The number of hydrogen-bond donors (Lipinski definition) is 0. The quantitative estimate of drug-likeness (QED) is 0.551. The lowest BCUT2D eigenvalue weighted by Crippen LogP contribution is -2.15. The van der Waals surface area contributed by atoms with Gasteiger partial charge in [0.2, 0.25) is 0 Å². The predicted molar refractivity (Wildman–Crippen MR) is 103 cm³/mol. The fourth-order valence-corrected chi connectivity index (χ4v) is 2.78. The van der Waals surface area contributed by atoms with Crippen LogP contribution in [-0.4, -0.2) is 18.0 Å². The van der Waals surface area contributed by atoms with E-state index in [1.54, 1.807) is 0 Å². The third-order valence-corrected chi connectivity index (χ3v) is 4.27. The Kier molecular flexibility index (Phi) is 8.13. The van der Waals surface area contributed by atoms with Crippen LogP contribution in [0.3, 0.4) is 0 Å². The van der Waals surface area contributed by atoms with E-state index in [1.165, 1.54) is 0 Å². The summed E-state index contributed by atoms with van der Waals surface area (Å²) in [7, 11) is 0. The molecule has 1 atom stereocenters. The van der Waals surface area contributed by atoms with Crippen molar-refractivity contribution in [3.8, 4) is 0 Å². The Morgan fingerprint density at radius 2 is 1.69 bits per heavy atom. The molecule has 0 fully saturated rings. The number of carbonyl (C=O) groups excluding carboxylic acids is 2. The zero-order valence-corrected chi connectivity index (χ0v) is 15.7. The maximum Gasteiger partial charge on any atom is 0.306 e. The Morgan fingerprint density at radius 3 is 2.46 bits per heavy atom. The number of fused-ring (bicyclic) bond motifs is 1. The molecule has 2 rings (SSSR count). The van der Waals surface area contributed by atoms with Gasteiger partial charge >= 0.3 is 11.9 Å². The topological polar surface area (TPSA) is 52.6 Å². The van der Waals surface area contributed by atoms with Crippen molar-refractivity contribution in [2.24, 2.45) is 0 Å². The normalized spacial score (nSPS) is 11.9. The molecule has 0 radical (unpaired) electrons. The molecule has 0 saturated heterocycles. The molecular formula is C22H28O4. The van der Waals surface area contributed by atoms with Gasteiger partial charge in [-0.2, -0.15) is 0 Å². The maximum atomic E-state index is 11.9. The summed E-state index contributed by atoms with van der Waals surface area (Å²) in [6.07, 6.45) is 3.90. The smallest absolute Gasteiger partial charge is 0.306 e. The van der Waals surface area contributed by atoms with Gasteiger partial charge < -0.3 is 9.47 Å². The first-order valence-corrected chi connectivity index (χ1v) is 9.41. The average molecular weight is 356 g/mol. The second-order valence-corrected chi connectivity index (χ2v) is 6.64. The zero-order valence-electron chi connectivity index (χ0n) is 15.7. The fraction of sp³-hybridized carbons (Fsp3) is 0.455. The fourth-order valence-electron chi connectivity index (χ4n) is 2.78. The van der Waals surface area contributed by atoms with E-state index in [9.17, 15) is 9.59 Å². The minimum atomic E-state index is -0.287. The van der Waals surface area contributed by atoms with Crippen LogP contribution in [0.2, 0.25) is 0 Å². The Balaban J connectivity index is 1.66. The molecular weight excluding hydrogens is 328 g/mol. The Bertz CT molecular complexity index is 723. The zero-order chi connectivity index (χ0) is 18.8. The highest BCUT2D eigenvalue weighted by atomic mass is 16.5. The molecule has 0 N–H and O–H groups in total. The van der Waals surface area contributed by atoms with Crippen molar-refractivity contribution in [3.63, 3.8) is 0 Å². The van der Waals surface area contributed by atoms with Crippen molar-refractivity contribution in [2.45, 2.75) is 65.1 Å². The predicted octanol–water partition coefficient (Wildman–Crippen LogP) is 5.18. The van der Waals surface area contributed by atoms with E-state index >= 15 is 0 Å². The highest BCUT2D eigenvalue weighted by molar-refractivity contribution is 5.83. The minimum Gasteiger partial charge on any atom is -0.463 e. The van der Waals surface area contributed by atoms with Crippen molar-refractivity contribution < 1.29 is 19.1 Å². The van der Waals surface area contributed by atoms with Crippen LogP contribution in [0.4, 0.5) is 0 Å². The minimum absolute atomic E-state index is 0.0534. The number of ether oxygens (including phenoxy) is 2. The summed E-state index contributed by atoms with van der Waals surface area (Å²) in [5.41, 5.74) is 0.959. The molecule has 0 aliphatic carbocycles. The van der Waals surface area contributed by atoms with Gasteiger partial charge in [0, 0.05) is 12.8 Å². The number of esters is 2. The van der Waals surface area contributed by atoms with Crippen molar-refractivity contribution >= 4 is 22.7 Å². The van der Waals surface area contributed by atoms with E-state index in [1.807, 2.05) is 49.4 Å². The molecule has 0 spiro atoms. The molecule has 0 aliphatic heterocycles. The molecule has 0 aliphatic rings. The number of hydrogen-bond acceptors (Lipinski definition) is 4. The monoisotopic (exact) mass is 356 g/mol. The van der Waals surface area contributed by atoms with Gasteiger partial charge in [0.15, 0.2) is 0 Å². The summed E-state index contributed by atoms with van der Waals surface area (Å²) in [5, 5.41) is 2.29. The molecule has 0 amide bonds. The summed E-state index contributed by atoms with van der Waals surface area (Å²) in [6.45, 7) is 4.27.